The smallest absolute Gasteiger partial charge is 0.338 e. The van der Waals surface area contributed by atoms with Crippen molar-refractivity contribution < 1.29 is 23.7 Å². The van der Waals surface area contributed by atoms with Crippen molar-refractivity contribution >= 4 is 5.97 Å². The number of carbonyl (C=O) groups excluding carboxylic acids is 1. The predicted octanol–water partition coefficient (Wildman–Crippen LogP) is 4.47. The van der Waals surface area contributed by atoms with E-state index in [0.29, 0.717) is 36.0 Å². The highest BCUT2D eigenvalue weighted by molar-refractivity contribution is 5.94. The zero-order chi connectivity index (χ0) is 18.9. The van der Waals surface area contributed by atoms with Gasteiger partial charge in [-0.15, -0.1) is 0 Å². The average molecular weight is 356 g/mol. The number of hydrogen-bond donors (Lipinski definition) is 0. The van der Waals surface area contributed by atoms with Gasteiger partial charge in [0.25, 0.3) is 0 Å². The summed E-state index contributed by atoms with van der Waals surface area (Å²) in [4.78, 5) is 11.7. The first-order valence-corrected chi connectivity index (χ1v) is 8.52. The molecule has 1 heterocycles. The molecule has 26 heavy (non-hydrogen) atoms. The molecule has 0 bridgehead atoms. The van der Waals surface area contributed by atoms with E-state index in [1.165, 1.54) is 0 Å². The van der Waals surface area contributed by atoms with E-state index < -0.39 is 0 Å². The Kier molecular flexibility index (Phi) is 4.81. The number of methoxy groups -OCH3 is 2. The Bertz CT molecular complexity index is 833. The highest BCUT2D eigenvalue weighted by Crippen LogP contribution is 2.45. The minimum atomic E-state index is -0.275. The van der Waals surface area contributed by atoms with Crippen molar-refractivity contribution in [3.63, 3.8) is 0 Å². The topological polar surface area (TPSA) is 54.0 Å². The molecule has 0 radical (unpaired) electrons. The van der Waals surface area contributed by atoms with Gasteiger partial charge >= 0.3 is 5.97 Å². The average Bonchev–Trinajstić information content (AvgIpc) is 2.98. The third kappa shape index (κ3) is 3.47. The van der Waals surface area contributed by atoms with E-state index >= 15 is 0 Å². The third-order valence-electron chi connectivity index (χ3n) is 4.14. The van der Waals surface area contributed by atoms with E-state index in [4.69, 9.17) is 18.9 Å². The van der Waals surface area contributed by atoms with Crippen LogP contribution in [0.1, 0.15) is 36.7 Å². The van der Waals surface area contributed by atoms with Crippen LogP contribution in [0, 0.1) is 5.41 Å². The second-order valence-corrected chi connectivity index (χ2v) is 7.48. The maximum atomic E-state index is 11.7. The van der Waals surface area contributed by atoms with Crippen LogP contribution in [0.2, 0.25) is 0 Å². The number of carbonyl (C=O) groups is 1. The molecule has 138 valence electrons. The van der Waals surface area contributed by atoms with Crippen LogP contribution in [-0.4, -0.2) is 26.8 Å². The molecule has 0 saturated carbocycles. The molecule has 0 atom stereocenters. The van der Waals surface area contributed by atoms with Crippen LogP contribution in [-0.2, 0) is 11.3 Å². The first kappa shape index (κ1) is 18.1. The molecule has 0 N–H and O–H groups in total. The van der Waals surface area contributed by atoms with E-state index in [2.05, 4.69) is 20.8 Å². The van der Waals surface area contributed by atoms with Crippen molar-refractivity contribution in [2.45, 2.75) is 27.4 Å². The molecule has 0 spiro atoms. The van der Waals surface area contributed by atoms with Crippen LogP contribution >= 0.6 is 0 Å². The van der Waals surface area contributed by atoms with Gasteiger partial charge in [-0.05, 0) is 35.2 Å². The zero-order valence-electron chi connectivity index (χ0n) is 15.8. The maximum Gasteiger partial charge on any atom is 0.338 e. The summed E-state index contributed by atoms with van der Waals surface area (Å²) in [5.74, 6) is 1.52. The lowest BCUT2D eigenvalue weighted by molar-refractivity contribution is 0.0535. The van der Waals surface area contributed by atoms with Gasteiger partial charge in [-0.3, -0.25) is 0 Å². The monoisotopic (exact) mass is 356 g/mol. The minimum absolute atomic E-state index is 0.0104. The number of cyclic esters (lactones) is 1. The summed E-state index contributed by atoms with van der Waals surface area (Å²) in [6.07, 6.45) is 0. The fraction of sp³-hybridized carbons (Fsp3) is 0.381. The van der Waals surface area contributed by atoms with Gasteiger partial charge in [0.2, 0.25) is 5.75 Å². The van der Waals surface area contributed by atoms with Crippen molar-refractivity contribution in [3.8, 4) is 28.4 Å². The van der Waals surface area contributed by atoms with Gasteiger partial charge in [0.05, 0.1) is 26.4 Å². The third-order valence-corrected chi connectivity index (χ3v) is 4.14. The first-order valence-electron chi connectivity index (χ1n) is 8.52. The molecule has 5 heteroatoms. The van der Waals surface area contributed by atoms with Gasteiger partial charge in [0.1, 0.15) is 6.61 Å². The summed E-state index contributed by atoms with van der Waals surface area (Å²) in [6.45, 7) is 7.15. The lowest BCUT2D eigenvalue weighted by atomic mass is 9.97. The van der Waals surface area contributed by atoms with Crippen molar-refractivity contribution in [2.75, 3.05) is 20.8 Å². The van der Waals surface area contributed by atoms with Crippen LogP contribution in [0.4, 0.5) is 0 Å². The van der Waals surface area contributed by atoms with Gasteiger partial charge < -0.3 is 18.9 Å². The molecule has 2 aromatic carbocycles. The molecular weight excluding hydrogens is 332 g/mol. The van der Waals surface area contributed by atoms with Crippen molar-refractivity contribution in [1.29, 1.82) is 0 Å². The van der Waals surface area contributed by atoms with E-state index in [-0.39, 0.29) is 11.4 Å². The van der Waals surface area contributed by atoms with Crippen LogP contribution in [0.15, 0.2) is 30.3 Å². The lowest BCUT2D eigenvalue weighted by Gasteiger charge is -2.23. The summed E-state index contributed by atoms with van der Waals surface area (Å²) < 4.78 is 22.3. The molecule has 0 unspecified atom stereocenters. The largest absolute Gasteiger partial charge is 0.493 e. The number of hydrogen-bond acceptors (Lipinski definition) is 5. The molecule has 3 rings (SSSR count). The first-order chi connectivity index (χ1) is 12.3. The molecule has 2 aromatic rings. The molecule has 0 saturated heterocycles. The van der Waals surface area contributed by atoms with E-state index in [9.17, 15) is 4.79 Å². The Balaban J connectivity index is 2.10. The Labute approximate surface area is 153 Å². The fourth-order valence-corrected chi connectivity index (χ4v) is 2.86. The van der Waals surface area contributed by atoms with Crippen LogP contribution < -0.4 is 14.2 Å². The summed E-state index contributed by atoms with van der Waals surface area (Å²) in [5.41, 5.74) is 3.31. The Hall–Kier alpha value is -2.69. The minimum Gasteiger partial charge on any atom is -0.493 e. The molecule has 1 aliphatic heterocycles. The molecule has 0 aliphatic carbocycles. The van der Waals surface area contributed by atoms with Crippen molar-refractivity contribution in [3.05, 3.63) is 41.5 Å². The number of benzene rings is 2. The van der Waals surface area contributed by atoms with E-state index in [1.54, 1.807) is 20.3 Å². The number of ether oxygens (including phenoxy) is 4. The predicted molar refractivity (Wildman–Crippen MR) is 99.1 cm³/mol. The van der Waals surface area contributed by atoms with Gasteiger partial charge in [-0.25, -0.2) is 4.79 Å². The summed E-state index contributed by atoms with van der Waals surface area (Å²) in [5, 5.41) is 0. The van der Waals surface area contributed by atoms with Crippen LogP contribution in [0.25, 0.3) is 11.1 Å². The SMILES string of the molecule is COc1ccc(-c2ccc3c(c2)COC3=O)c(OCC(C)(C)C)c1OC. The molecule has 5 nitrogen and oxygen atoms in total. The fourth-order valence-electron chi connectivity index (χ4n) is 2.86. The number of fused-ring (bicyclic) bond motifs is 1. The molecule has 0 amide bonds. The van der Waals surface area contributed by atoms with Crippen LogP contribution in [0.3, 0.4) is 0 Å². The standard InChI is InChI=1S/C21H24O5/c1-21(2,3)12-26-18-15(8-9-17(23-4)19(18)24-5)13-6-7-16-14(10-13)11-25-20(16)22/h6-10H,11-12H2,1-5H3. The summed E-state index contributed by atoms with van der Waals surface area (Å²) >= 11 is 0. The zero-order valence-corrected chi connectivity index (χ0v) is 15.8. The maximum absolute atomic E-state index is 11.7. The molecule has 0 aromatic heterocycles. The van der Waals surface area contributed by atoms with E-state index in [0.717, 1.165) is 16.7 Å². The quantitative estimate of drug-likeness (QED) is 0.740. The highest BCUT2D eigenvalue weighted by atomic mass is 16.5. The number of rotatable bonds is 5. The number of esters is 1. The summed E-state index contributed by atoms with van der Waals surface area (Å²) in [6, 6.07) is 9.46. The Morgan fingerprint density at radius 3 is 2.38 bits per heavy atom. The Morgan fingerprint density at radius 2 is 1.73 bits per heavy atom. The van der Waals surface area contributed by atoms with Gasteiger partial charge in [0, 0.05) is 11.1 Å². The second-order valence-electron chi connectivity index (χ2n) is 7.48. The van der Waals surface area contributed by atoms with E-state index in [1.807, 2.05) is 24.3 Å². The summed E-state index contributed by atoms with van der Waals surface area (Å²) in [7, 11) is 3.20. The van der Waals surface area contributed by atoms with Gasteiger partial charge in [-0.2, -0.15) is 0 Å². The van der Waals surface area contributed by atoms with Crippen molar-refractivity contribution in [2.24, 2.45) is 5.41 Å². The Morgan fingerprint density at radius 1 is 1.00 bits per heavy atom. The molecule has 0 fully saturated rings. The molecule has 1 aliphatic rings. The second kappa shape index (κ2) is 6.90. The van der Waals surface area contributed by atoms with Gasteiger partial charge in [-0.1, -0.05) is 26.8 Å². The highest BCUT2D eigenvalue weighted by Gasteiger charge is 2.24. The van der Waals surface area contributed by atoms with Gasteiger partial charge in [0.15, 0.2) is 11.5 Å². The molecular formula is C21H24O5. The van der Waals surface area contributed by atoms with Crippen molar-refractivity contribution in [1.82, 2.24) is 0 Å². The van der Waals surface area contributed by atoms with Crippen LogP contribution in [0.5, 0.6) is 17.2 Å². The normalized spacial score (nSPS) is 13.2. The lowest BCUT2D eigenvalue weighted by Crippen LogP contribution is -2.17.